The van der Waals surface area contributed by atoms with Gasteiger partial charge in [-0.2, -0.15) is 0 Å². The second kappa shape index (κ2) is 7.26. The lowest BCUT2D eigenvalue weighted by Crippen LogP contribution is -2.52. The Kier molecular flexibility index (Phi) is 5.91. The van der Waals surface area contributed by atoms with Crippen molar-refractivity contribution in [3.05, 3.63) is 33.3 Å². The Labute approximate surface area is 136 Å². The van der Waals surface area contributed by atoms with E-state index in [0.717, 1.165) is 22.6 Å². The molecule has 0 heterocycles. The van der Waals surface area contributed by atoms with Gasteiger partial charge < -0.3 is 10.2 Å². The van der Waals surface area contributed by atoms with E-state index in [4.69, 9.17) is 11.6 Å². The Balaban J connectivity index is 1.93. The third-order valence-electron chi connectivity index (χ3n) is 4.52. The molecule has 0 bridgehead atoms. The molecule has 1 aliphatic carbocycles. The fourth-order valence-corrected chi connectivity index (χ4v) is 3.91. The first-order valence-corrected chi connectivity index (χ1v) is 8.53. The SMILES string of the molecule is CN(C)C1(CNCc2ccc(Cl)cc2Br)CCCCC1. The first kappa shape index (κ1) is 16.3. The van der Waals surface area contributed by atoms with Crippen LogP contribution in [-0.2, 0) is 6.54 Å². The van der Waals surface area contributed by atoms with Crippen LogP contribution >= 0.6 is 27.5 Å². The highest BCUT2D eigenvalue weighted by molar-refractivity contribution is 9.10. The molecule has 0 saturated heterocycles. The van der Waals surface area contributed by atoms with E-state index in [2.05, 4.69) is 46.3 Å². The highest BCUT2D eigenvalue weighted by Gasteiger charge is 2.33. The van der Waals surface area contributed by atoms with Crippen LogP contribution in [0, 0.1) is 0 Å². The predicted molar refractivity (Wildman–Crippen MR) is 90.4 cm³/mol. The van der Waals surface area contributed by atoms with Crippen molar-refractivity contribution in [3.63, 3.8) is 0 Å². The smallest absolute Gasteiger partial charge is 0.0417 e. The van der Waals surface area contributed by atoms with Gasteiger partial charge in [-0.25, -0.2) is 0 Å². The number of hydrogen-bond acceptors (Lipinski definition) is 2. The third-order valence-corrected chi connectivity index (χ3v) is 5.49. The van der Waals surface area contributed by atoms with Gasteiger partial charge in [0, 0.05) is 28.1 Å². The minimum absolute atomic E-state index is 0.331. The van der Waals surface area contributed by atoms with Gasteiger partial charge in [-0.15, -0.1) is 0 Å². The molecule has 1 aromatic carbocycles. The number of likely N-dealkylation sites (N-methyl/N-ethyl adjacent to an activating group) is 1. The van der Waals surface area contributed by atoms with Crippen molar-refractivity contribution in [1.82, 2.24) is 10.2 Å². The normalized spacial score (nSPS) is 18.4. The molecule has 4 heteroatoms. The second-order valence-electron chi connectivity index (χ2n) is 6.02. The Hall–Kier alpha value is -0.0900. The minimum atomic E-state index is 0.331. The molecule has 1 fully saturated rings. The average Bonchev–Trinajstić information content (AvgIpc) is 2.42. The molecule has 0 aliphatic heterocycles. The molecule has 0 unspecified atom stereocenters. The summed E-state index contributed by atoms with van der Waals surface area (Å²) in [4.78, 5) is 2.41. The summed E-state index contributed by atoms with van der Waals surface area (Å²) in [6.07, 6.45) is 6.69. The quantitative estimate of drug-likeness (QED) is 0.835. The lowest BCUT2D eigenvalue weighted by atomic mass is 9.80. The summed E-state index contributed by atoms with van der Waals surface area (Å²) in [5, 5.41) is 4.41. The lowest BCUT2D eigenvalue weighted by Gasteiger charge is -2.43. The fraction of sp³-hybridized carbons (Fsp3) is 0.625. The molecule has 1 saturated carbocycles. The van der Waals surface area contributed by atoms with Gasteiger partial charge in [0.15, 0.2) is 0 Å². The highest BCUT2D eigenvalue weighted by atomic mass is 79.9. The van der Waals surface area contributed by atoms with E-state index in [9.17, 15) is 0 Å². The molecular weight excluding hydrogens is 336 g/mol. The first-order valence-electron chi connectivity index (χ1n) is 7.36. The summed E-state index contributed by atoms with van der Waals surface area (Å²) in [6.45, 7) is 1.93. The molecule has 1 aliphatic rings. The van der Waals surface area contributed by atoms with Crippen molar-refractivity contribution in [2.45, 2.75) is 44.2 Å². The zero-order valence-corrected chi connectivity index (χ0v) is 14.7. The monoisotopic (exact) mass is 358 g/mol. The number of halogens is 2. The predicted octanol–water partition coefficient (Wildman–Crippen LogP) is 4.46. The second-order valence-corrected chi connectivity index (χ2v) is 7.31. The number of nitrogens with one attached hydrogen (secondary N) is 1. The van der Waals surface area contributed by atoms with E-state index in [1.807, 2.05) is 12.1 Å². The standard InChI is InChI=1S/C16H24BrClN2/c1-20(2)16(8-4-3-5-9-16)12-19-11-13-6-7-14(18)10-15(13)17/h6-7,10,19H,3-5,8-9,11-12H2,1-2H3. The van der Waals surface area contributed by atoms with Gasteiger partial charge in [0.2, 0.25) is 0 Å². The first-order chi connectivity index (χ1) is 9.53. The maximum absolute atomic E-state index is 5.98. The van der Waals surface area contributed by atoms with E-state index in [1.165, 1.54) is 37.7 Å². The van der Waals surface area contributed by atoms with Crippen molar-refractivity contribution in [1.29, 1.82) is 0 Å². The van der Waals surface area contributed by atoms with Gasteiger partial charge in [0.05, 0.1) is 0 Å². The van der Waals surface area contributed by atoms with Crippen LogP contribution in [0.4, 0.5) is 0 Å². The molecule has 0 spiro atoms. The molecule has 0 aromatic heterocycles. The van der Waals surface area contributed by atoms with Crippen LogP contribution < -0.4 is 5.32 Å². The summed E-state index contributed by atoms with van der Waals surface area (Å²) in [5.74, 6) is 0. The summed E-state index contributed by atoms with van der Waals surface area (Å²) in [5.41, 5.74) is 1.59. The average molecular weight is 360 g/mol. The van der Waals surface area contributed by atoms with Gasteiger partial charge in [-0.05, 0) is 44.6 Å². The Morgan fingerprint density at radius 2 is 1.95 bits per heavy atom. The van der Waals surface area contributed by atoms with Crippen LogP contribution in [0.5, 0.6) is 0 Å². The number of nitrogens with zero attached hydrogens (tertiary/aromatic N) is 1. The van der Waals surface area contributed by atoms with Gasteiger partial charge in [-0.1, -0.05) is 52.9 Å². The summed E-state index contributed by atoms with van der Waals surface area (Å²) in [7, 11) is 4.43. The molecule has 0 amide bonds. The maximum atomic E-state index is 5.98. The van der Waals surface area contributed by atoms with E-state index < -0.39 is 0 Å². The molecule has 1 aromatic rings. The van der Waals surface area contributed by atoms with Crippen molar-refractivity contribution in [2.24, 2.45) is 0 Å². The van der Waals surface area contributed by atoms with Crippen LogP contribution in [0.15, 0.2) is 22.7 Å². The van der Waals surface area contributed by atoms with E-state index in [0.29, 0.717) is 5.54 Å². The topological polar surface area (TPSA) is 15.3 Å². The van der Waals surface area contributed by atoms with Gasteiger partial charge >= 0.3 is 0 Å². The Morgan fingerprint density at radius 3 is 2.55 bits per heavy atom. The summed E-state index contributed by atoms with van der Waals surface area (Å²) in [6, 6.07) is 6.00. The fourth-order valence-electron chi connectivity index (χ4n) is 3.09. The van der Waals surface area contributed by atoms with Crippen molar-refractivity contribution >= 4 is 27.5 Å². The van der Waals surface area contributed by atoms with Crippen LogP contribution in [-0.4, -0.2) is 31.1 Å². The zero-order valence-electron chi connectivity index (χ0n) is 12.4. The van der Waals surface area contributed by atoms with E-state index in [1.54, 1.807) is 0 Å². The van der Waals surface area contributed by atoms with Gasteiger partial charge in [0.1, 0.15) is 0 Å². The van der Waals surface area contributed by atoms with Crippen LogP contribution in [0.25, 0.3) is 0 Å². The van der Waals surface area contributed by atoms with Crippen LogP contribution in [0.3, 0.4) is 0 Å². The van der Waals surface area contributed by atoms with Crippen molar-refractivity contribution < 1.29 is 0 Å². The summed E-state index contributed by atoms with van der Waals surface area (Å²) < 4.78 is 1.08. The van der Waals surface area contributed by atoms with Gasteiger partial charge in [0.25, 0.3) is 0 Å². The Bertz CT molecular complexity index is 442. The van der Waals surface area contributed by atoms with Crippen LogP contribution in [0.1, 0.15) is 37.7 Å². The Morgan fingerprint density at radius 1 is 1.25 bits per heavy atom. The molecule has 2 nitrogen and oxygen atoms in total. The number of benzene rings is 1. The van der Waals surface area contributed by atoms with E-state index >= 15 is 0 Å². The lowest BCUT2D eigenvalue weighted by molar-refractivity contribution is 0.0984. The van der Waals surface area contributed by atoms with Gasteiger partial charge in [-0.3, -0.25) is 0 Å². The molecule has 20 heavy (non-hydrogen) atoms. The van der Waals surface area contributed by atoms with Crippen molar-refractivity contribution in [3.8, 4) is 0 Å². The van der Waals surface area contributed by atoms with Crippen molar-refractivity contribution in [2.75, 3.05) is 20.6 Å². The molecule has 0 atom stereocenters. The molecule has 2 rings (SSSR count). The minimum Gasteiger partial charge on any atom is -0.311 e. The zero-order chi connectivity index (χ0) is 14.6. The molecule has 112 valence electrons. The number of rotatable bonds is 5. The third kappa shape index (κ3) is 3.97. The largest absolute Gasteiger partial charge is 0.311 e. The van der Waals surface area contributed by atoms with Crippen LogP contribution in [0.2, 0.25) is 5.02 Å². The molecule has 0 radical (unpaired) electrons. The van der Waals surface area contributed by atoms with E-state index in [-0.39, 0.29) is 0 Å². The molecule has 1 N–H and O–H groups in total. The highest BCUT2D eigenvalue weighted by Crippen LogP contribution is 2.31. The number of hydrogen-bond donors (Lipinski definition) is 1. The molecular formula is C16H24BrClN2. The summed E-state index contributed by atoms with van der Waals surface area (Å²) >= 11 is 9.56. The maximum Gasteiger partial charge on any atom is 0.0417 e.